The minimum atomic E-state index is 0.275. The van der Waals surface area contributed by atoms with E-state index in [2.05, 4.69) is 9.97 Å². The highest BCUT2D eigenvalue weighted by molar-refractivity contribution is 6.11. The highest BCUT2D eigenvalue weighted by Crippen LogP contribution is 2.32. The Labute approximate surface area is 115 Å². The fourth-order valence-corrected chi connectivity index (χ4v) is 2.63. The molecule has 0 saturated heterocycles. The van der Waals surface area contributed by atoms with Gasteiger partial charge in [0.25, 0.3) is 0 Å². The maximum atomic E-state index is 9.66. The lowest BCUT2D eigenvalue weighted by atomic mass is 10.1. The number of rotatable bonds is 1. The fourth-order valence-electron chi connectivity index (χ4n) is 2.63. The van der Waals surface area contributed by atoms with Gasteiger partial charge in [0.05, 0.1) is 11.2 Å². The van der Waals surface area contributed by atoms with Crippen LogP contribution in [0.5, 0.6) is 5.75 Å². The Kier molecular flexibility index (Phi) is 2.27. The Morgan fingerprint density at radius 2 is 1.75 bits per heavy atom. The smallest absolute Gasteiger partial charge is 0.116 e. The molecule has 4 aromatic rings. The summed E-state index contributed by atoms with van der Waals surface area (Å²) in [5, 5.41) is 11.8. The van der Waals surface area contributed by atoms with Crippen molar-refractivity contribution in [1.29, 1.82) is 0 Å². The summed E-state index contributed by atoms with van der Waals surface area (Å²) in [7, 11) is 0. The zero-order valence-electron chi connectivity index (χ0n) is 10.7. The predicted molar refractivity (Wildman–Crippen MR) is 80.7 cm³/mol. The second-order valence-electron chi connectivity index (χ2n) is 4.80. The van der Waals surface area contributed by atoms with Gasteiger partial charge >= 0.3 is 0 Å². The first-order valence-electron chi connectivity index (χ1n) is 6.48. The van der Waals surface area contributed by atoms with E-state index in [0.717, 1.165) is 33.1 Å². The number of nitrogens with zero attached hydrogens (tertiary/aromatic N) is 1. The lowest BCUT2D eigenvalue weighted by molar-refractivity contribution is 0.476. The summed E-state index contributed by atoms with van der Waals surface area (Å²) in [6.07, 6.45) is 1.81. The molecule has 2 heterocycles. The topological polar surface area (TPSA) is 48.9 Å². The van der Waals surface area contributed by atoms with Crippen molar-refractivity contribution in [2.75, 3.05) is 0 Å². The SMILES string of the molecule is Oc1ccc2[nH]c3c(-c4ccccc4)nccc3c2c1. The van der Waals surface area contributed by atoms with Crippen LogP contribution in [0.4, 0.5) is 0 Å². The van der Waals surface area contributed by atoms with Gasteiger partial charge < -0.3 is 10.1 Å². The van der Waals surface area contributed by atoms with Gasteiger partial charge in [0.1, 0.15) is 5.75 Å². The molecule has 20 heavy (non-hydrogen) atoms. The Morgan fingerprint density at radius 3 is 2.60 bits per heavy atom. The lowest BCUT2D eigenvalue weighted by Gasteiger charge is -2.01. The number of H-pyrrole nitrogens is 1. The van der Waals surface area contributed by atoms with Crippen LogP contribution in [0.3, 0.4) is 0 Å². The quantitative estimate of drug-likeness (QED) is 0.541. The molecule has 2 aromatic carbocycles. The fraction of sp³-hybridized carbons (Fsp3) is 0. The summed E-state index contributed by atoms with van der Waals surface area (Å²) in [5.74, 6) is 0.275. The van der Waals surface area contributed by atoms with Crippen LogP contribution in [0.15, 0.2) is 60.8 Å². The molecule has 0 aliphatic rings. The molecule has 0 fully saturated rings. The van der Waals surface area contributed by atoms with Crippen molar-refractivity contribution in [2.45, 2.75) is 0 Å². The van der Waals surface area contributed by atoms with E-state index in [-0.39, 0.29) is 5.75 Å². The normalized spacial score (nSPS) is 11.2. The van der Waals surface area contributed by atoms with Gasteiger partial charge in [-0.05, 0) is 24.3 Å². The van der Waals surface area contributed by atoms with Crippen molar-refractivity contribution in [2.24, 2.45) is 0 Å². The number of aromatic amines is 1. The molecule has 0 unspecified atom stereocenters. The van der Waals surface area contributed by atoms with E-state index in [0.29, 0.717) is 0 Å². The number of benzene rings is 2. The molecule has 0 bridgehead atoms. The zero-order chi connectivity index (χ0) is 13.5. The third-order valence-corrected chi connectivity index (χ3v) is 3.55. The first-order chi connectivity index (χ1) is 9.83. The third-order valence-electron chi connectivity index (χ3n) is 3.55. The van der Waals surface area contributed by atoms with Gasteiger partial charge in [-0.25, -0.2) is 0 Å². The third kappa shape index (κ3) is 1.57. The van der Waals surface area contributed by atoms with Crippen LogP contribution in [0, 0.1) is 0 Å². The van der Waals surface area contributed by atoms with Crippen molar-refractivity contribution >= 4 is 21.8 Å². The molecule has 2 N–H and O–H groups in total. The molecule has 0 aliphatic carbocycles. The molecule has 3 nitrogen and oxygen atoms in total. The number of nitrogens with one attached hydrogen (secondary N) is 1. The highest BCUT2D eigenvalue weighted by Gasteiger charge is 2.10. The number of phenolic OH excluding ortho intramolecular Hbond substituents is 1. The van der Waals surface area contributed by atoms with Gasteiger partial charge in [-0.1, -0.05) is 30.3 Å². The van der Waals surface area contributed by atoms with Gasteiger partial charge in [0.2, 0.25) is 0 Å². The maximum absolute atomic E-state index is 9.66. The van der Waals surface area contributed by atoms with Gasteiger partial charge in [-0.3, -0.25) is 4.98 Å². The summed E-state index contributed by atoms with van der Waals surface area (Å²) < 4.78 is 0. The predicted octanol–water partition coefficient (Wildman–Crippen LogP) is 4.09. The number of fused-ring (bicyclic) bond motifs is 3. The van der Waals surface area contributed by atoms with Crippen LogP contribution in [0.1, 0.15) is 0 Å². The molecule has 0 spiro atoms. The molecule has 3 heteroatoms. The summed E-state index contributed by atoms with van der Waals surface area (Å²) in [5.41, 5.74) is 4.01. The van der Waals surface area contributed by atoms with E-state index in [4.69, 9.17) is 0 Å². The van der Waals surface area contributed by atoms with E-state index in [9.17, 15) is 5.11 Å². The zero-order valence-corrected chi connectivity index (χ0v) is 10.7. The minimum absolute atomic E-state index is 0.275. The largest absolute Gasteiger partial charge is 0.508 e. The monoisotopic (exact) mass is 260 g/mol. The van der Waals surface area contributed by atoms with Gasteiger partial charge in [-0.2, -0.15) is 0 Å². The van der Waals surface area contributed by atoms with Crippen LogP contribution in [-0.2, 0) is 0 Å². The van der Waals surface area contributed by atoms with Crippen molar-refractivity contribution < 1.29 is 5.11 Å². The van der Waals surface area contributed by atoms with Crippen LogP contribution in [-0.4, -0.2) is 15.1 Å². The van der Waals surface area contributed by atoms with Crippen molar-refractivity contribution in [3.8, 4) is 17.0 Å². The number of aromatic nitrogens is 2. The van der Waals surface area contributed by atoms with Crippen LogP contribution in [0.2, 0.25) is 0 Å². The summed E-state index contributed by atoms with van der Waals surface area (Å²) in [6, 6.07) is 17.4. The Balaban J connectivity index is 2.11. The van der Waals surface area contributed by atoms with Gasteiger partial charge in [0.15, 0.2) is 0 Å². The molecule has 0 radical (unpaired) electrons. The van der Waals surface area contributed by atoms with E-state index >= 15 is 0 Å². The maximum Gasteiger partial charge on any atom is 0.116 e. The van der Waals surface area contributed by atoms with E-state index in [1.165, 1.54) is 0 Å². The number of phenols is 1. The average Bonchev–Trinajstić information content (AvgIpc) is 2.86. The summed E-state index contributed by atoms with van der Waals surface area (Å²) >= 11 is 0. The van der Waals surface area contributed by atoms with Crippen molar-refractivity contribution in [3.05, 3.63) is 60.8 Å². The molecular formula is C17H12N2O. The molecule has 0 saturated carbocycles. The number of aromatic hydroxyl groups is 1. The average molecular weight is 260 g/mol. The number of hydrogen-bond acceptors (Lipinski definition) is 2. The summed E-state index contributed by atoms with van der Waals surface area (Å²) in [4.78, 5) is 7.90. The first-order valence-corrected chi connectivity index (χ1v) is 6.48. The Bertz CT molecular complexity index is 910. The first kappa shape index (κ1) is 11.1. The Morgan fingerprint density at radius 1 is 0.900 bits per heavy atom. The molecule has 4 rings (SSSR count). The minimum Gasteiger partial charge on any atom is -0.508 e. The Hall–Kier alpha value is -2.81. The standard InChI is InChI=1S/C17H12N2O/c20-12-6-7-15-14(10-12)13-8-9-18-16(17(13)19-15)11-4-2-1-3-5-11/h1-10,19-20H. The van der Waals surface area contributed by atoms with Crippen molar-refractivity contribution in [1.82, 2.24) is 9.97 Å². The molecular weight excluding hydrogens is 248 g/mol. The highest BCUT2D eigenvalue weighted by atomic mass is 16.3. The van der Waals surface area contributed by atoms with Crippen LogP contribution < -0.4 is 0 Å². The molecule has 0 atom stereocenters. The second-order valence-corrected chi connectivity index (χ2v) is 4.80. The number of hydrogen-bond donors (Lipinski definition) is 2. The summed E-state index contributed by atoms with van der Waals surface area (Å²) in [6.45, 7) is 0. The van der Waals surface area contributed by atoms with E-state index < -0.39 is 0 Å². The molecule has 0 amide bonds. The number of pyridine rings is 1. The van der Waals surface area contributed by atoms with Crippen LogP contribution in [0.25, 0.3) is 33.1 Å². The van der Waals surface area contributed by atoms with Crippen molar-refractivity contribution in [3.63, 3.8) is 0 Å². The molecule has 96 valence electrons. The molecule has 2 aromatic heterocycles. The molecule has 0 aliphatic heterocycles. The van der Waals surface area contributed by atoms with E-state index in [1.54, 1.807) is 12.1 Å². The van der Waals surface area contributed by atoms with Gasteiger partial charge in [0, 0.05) is 28.0 Å². The van der Waals surface area contributed by atoms with Crippen LogP contribution >= 0.6 is 0 Å². The second kappa shape index (κ2) is 4.10. The van der Waals surface area contributed by atoms with E-state index in [1.807, 2.05) is 48.7 Å². The lowest BCUT2D eigenvalue weighted by Crippen LogP contribution is -1.84. The van der Waals surface area contributed by atoms with Gasteiger partial charge in [-0.15, -0.1) is 0 Å².